The van der Waals surface area contributed by atoms with E-state index in [0.29, 0.717) is 22.4 Å². The normalized spacial score (nSPS) is 10.2. The molecule has 0 amide bonds. The molecular weight excluding hydrogens is 294 g/mol. The third-order valence-electron chi connectivity index (χ3n) is 2.60. The van der Waals surface area contributed by atoms with Gasteiger partial charge in [-0.25, -0.2) is 14.8 Å². The maximum atomic E-state index is 11.1. The molecule has 0 spiro atoms. The van der Waals surface area contributed by atoms with Crippen LogP contribution in [0.1, 0.15) is 16.3 Å². The van der Waals surface area contributed by atoms with Crippen molar-refractivity contribution >= 4 is 23.4 Å². The number of carbonyl (C=O) groups is 1. The number of nitrogens with zero attached hydrogens (tertiary/aromatic N) is 3. The lowest BCUT2D eigenvalue weighted by molar-refractivity contribution is 0.0689. The predicted octanol–water partition coefficient (Wildman–Crippen LogP) is 2.47. The molecular formula is C14H14ClN3O3. The predicted molar refractivity (Wildman–Crippen MR) is 79.1 cm³/mol. The minimum atomic E-state index is -1.11. The Balaban J connectivity index is 2.21. The van der Waals surface area contributed by atoms with Crippen LogP contribution in [0.25, 0.3) is 0 Å². The highest BCUT2D eigenvalue weighted by Gasteiger charge is 2.12. The first-order chi connectivity index (χ1) is 9.95. The summed E-state index contributed by atoms with van der Waals surface area (Å²) in [4.78, 5) is 21.0. The van der Waals surface area contributed by atoms with Crippen molar-refractivity contribution in [2.24, 2.45) is 0 Å². The SMILES string of the molecule is CN(C)c1cc(C(=O)O)nc(COc2cccc(Cl)c2)n1. The van der Waals surface area contributed by atoms with Crippen molar-refractivity contribution in [1.82, 2.24) is 9.97 Å². The summed E-state index contributed by atoms with van der Waals surface area (Å²) in [5.74, 6) is 0.258. The molecule has 0 fully saturated rings. The van der Waals surface area contributed by atoms with Gasteiger partial charge in [-0.1, -0.05) is 17.7 Å². The molecule has 0 aliphatic heterocycles. The molecule has 21 heavy (non-hydrogen) atoms. The minimum absolute atomic E-state index is 0.0578. The van der Waals surface area contributed by atoms with Crippen LogP contribution in [0.3, 0.4) is 0 Å². The number of hydrogen-bond donors (Lipinski definition) is 1. The van der Waals surface area contributed by atoms with E-state index in [1.54, 1.807) is 43.3 Å². The molecule has 1 aromatic heterocycles. The number of ether oxygens (including phenoxy) is 1. The summed E-state index contributed by atoms with van der Waals surface area (Å²) in [6.07, 6.45) is 0. The zero-order valence-corrected chi connectivity index (χ0v) is 12.3. The topological polar surface area (TPSA) is 75.6 Å². The molecule has 0 radical (unpaired) electrons. The van der Waals surface area contributed by atoms with Crippen molar-refractivity contribution in [2.45, 2.75) is 6.61 Å². The fourth-order valence-electron chi connectivity index (χ4n) is 1.59. The molecule has 1 heterocycles. The monoisotopic (exact) mass is 307 g/mol. The summed E-state index contributed by atoms with van der Waals surface area (Å²) >= 11 is 5.86. The second-order valence-corrected chi connectivity index (χ2v) is 4.91. The summed E-state index contributed by atoms with van der Waals surface area (Å²) in [7, 11) is 3.55. The Bertz CT molecular complexity index is 662. The van der Waals surface area contributed by atoms with Gasteiger partial charge >= 0.3 is 5.97 Å². The van der Waals surface area contributed by atoms with Crippen LogP contribution in [0, 0.1) is 0 Å². The molecule has 0 aliphatic carbocycles. The van der Waals surface area contributed by atoms with Gasteiger partial charge in [-0.15, -0.1) is 0 Å². The van der Waals surface area contributed by atoms with E-state index >= 15 is 0 Å². The van der Waals surface area contributed by atoms with Crippen LogP contribution in [0.2, 0.25) is 5.02 Å². The average Bonchev–Trinajstić information content (AvgIpc) is 2.45. The Morgan fingerprint density at radius 2 is 2.10 bits per heavy atom. The second-order valence-electron chi connectivity index (χ2n) is 4.47. The Morgan fingerprint density at radius 3 is 2.71 bits per heavy atom. The number of aromatic nitrogens is 2. The lowest BCUT2D eigenvalue weighted by Crippen LogP contribution is -2.16. The van der Waals surface area contributed by atoms with Crippen LogP contribution in [0.5, 0.6) is 5.75 Å². The molecule has 0 atom stereocenters. The molecule has 110 valence electrons. The fourth-order valence-corrected chi connectivity index (χ4v) is 1.77. The number of benzene rings is 1. The van der Waals surface area contributed by atoms with Crippen molar-refractivity contribution in [3.05, 3.63) is 46.9 Å². The maximum absolute atomic E-state index is 11.1. The molecule has 0 aliphatic rings. The van der Waals surface area contributed by atoms with Gasteiger partial charge in [-0.3, -0.25) is 0 Å². The Hall–Kier alpha value is -2.34. The van der Waals surface area contributed by atoms with E-state index in [0.717, 1.165) is 0 Å². The molecule has 0 saturated heterocycles. The van der Waals surface area contributed by atoms with Crippen molar-refractivity contribution in [1.29, 1.82) is 0 Å². The van der Waals surface area contributed by atoms with Crippen molar-refractivity contribution in [3.63, 3.8) is 0 Å². The smallest absolute Gasteiger partial charge is 0.354 e. The molecule has 7 heteroatoms. The highest BCUT2D eigenvalue weighted by atomic mass is 35.5. The van der Waals surface area contributed by atoms with Crippen LogP contribution < -0.4 is 9.64 Å². The van der Waals surface area contributed by atoms with E-state index in [1.165, 1.54) is 6.07 Å². The minimum Gasteiger partial charge on any atom is -0.486 e. The van der Waals surface area contributed by atoms with Crippen LogP contribution in [-0.2, 0) is 6.61 Å². The maximum Gasteiger partial charge on any atom is 0.354 e. The molecule has 6 nitrogen and oxygen atoms in total. The zero-order chi connectivity index (χ0) is 15.4. The van der Waals surface area contributed by atoms with E-state index in [-0.39, 0.29) is 12.3 Å². The number of carboxylic acid groups (broad SMARTS) is 1. The molecule has 0 bridgehead atoms. The number of carboxylic acids is 1. The van der Waals surface area contributed by atoms with E-state index in [9.17, 15) is 4.79 Å². The van der Waals surface area contributed by atoms with Crippen molar-refractivity contribution in [3.8, 4) is 5.75 Å². The van der Waals surface area contributed by atoms with Gasteiger partial charge in [0.2, 0.25) is 0 Å². The quantitative estimate of drug-likeness (QED) is 0.914. The molecule has 2 aromatic rings. The summed E-state index contributed by atoms with van der Waals surface area (Å²) < 4.78 is 5.52. The Labute approximate surface area is 127 Å². The van der Waals surface area contributed by atoms with Gasteiger partial charge in [-0.2, -0.15) is 0 Å². The summed E-state index contributed by atoms with van der Waals surface area (Å²) in [5, 5.41) is 9.63. The van der Waals surface area contributed by atoms with Gasteiger partial charge in [0.1, 0.15) is 18.2 Å². The van der Waals surface area contributed by atoms with Gasteiger partial charge in [-0.05, 0) is 18.2 Å². The lowest BCUT2D eigenvalue weighted by atomic mass is 10.3. The summed E-state index contributed by atoms with van der Waals surface area (Å²) in [6.45, 7) is 0.0578. The Morgan fingerprint density at radius 1 is 1.33 bits per heavy atom. The van der Waals surface area contributed by atoms with E-state index in [1.807, 2.05) is 0 Å². The summed E-state index contributed by atoms with van der Waals surface area (Å²) in [5.41, 5.74) is -0.0709. The highest BCUT2D eigenvalue weighted by Crippen LogP contribution is 2.18. The van der Waals surface area contributed by atoms with Gasteiger partial charge in [0.15, 0.2) is 11.5 Å². The van der Waals surface area contributed by atoms with Gasteiger partial charge < -0.3 is 14.7 Å². The van der Waals surface area contributed by atoms with E-state index < -0.39 is 5.97 Å². The third kappa shape index (κ3) is 4.06. The standard InChI is InChI=1S/C14H14ClN3O3/c1-18(2)13-7-11(14(19)20)16-12(17-13)8-21-10-5-3-4-9(15)6-10/h3-7H,8H2,1-2H3,(H,19,20). The van der Waals surface area contributed by atoms with Crippen molar-refractivity contribution in [2.75, 3.05) is 19.0 Å². The lowest BCUT2D eigenvalue weighted by Gasteiger charge is -2.13. The van der Waals surface area contributed by atoms with Gasteiger partial charge in [0.25, 0.3) is 0 Å². The number of rotatable bonds is 5. The van der Waals surface area contributed by atoms with E-state index in [2.05, 4.69) is 9.97 Å². The van der Waals surface area contributed by atoms with Crippen LogP contribution in [0.15, 0.2) is 30.3 Å². The third-order valence-corrected chi connectivity index (χ3v) is 2.84. The fraction of sp³-hybridized carbons (Fsp3) is 0.214. The molecule has 0 unspecified atom stereocenters. The highest BCUT2D eigenvalue weighted by molar-refractivity contribution is 6.30. The summed E-state index contributed by atoms with van der Waals surface area (Å²) in [6, 6.07) is 8.32. The van der Waals surface area contributed by atoms with Crippen LogP contribution in [-0.4, -0.2) is 35.1 Å². The Kier molecular flexibility index (Phi) is 4.59. The zero-order valence-electron chi connectivity index (χ0n) is 11.6. The molecule has 1 N–H and O–H groups in total. The first kappa shape index (κ1) is 15.1. The first-order valence-corrected chi connectivity index (χ1v) is 6.50. The largest absolute Gasteiger partial charge is 0.486 e. The van der Waals surface area contributed by atoms with Crippen molar-refractivity contribution < 1.29 is 14.6 Å². The first-order valence-electron chi connectivity index (χ1n) is 6.12. The molecule has 1 aromatic carbocycles. The molecule has 2 rings (SSSR count). The van der Waals surface area contributed by atoms with Crippen LogP contribution in [0.4, 0.5) is 5.82 Å². The number of anilines is 1. The second kappa shape index (κ2) is 6.41. The van der Waals surface area contributed by atoms with E-state index in [4.69, 9.17) is 21.4 Å². The molecule has 0 saturated carbocycles. The van der Waals surface area contributed by atoms with Gasteiger partial charge in [0.05, 0.1) is 0 Å². The average molecular weight is 308 g/mol. The van der Waals surface area contributed by atoms with Gasteiger partial charge in [0, 0.05) is 25.2 Å². The van der Waals surface area contributed by atoms with Crippen LogP contribution >= 0.6 is 11.6 Å². The number of aromatic carboxylic acids is 1. The number of hydrogen-bond acceptors (Lipinski definition) is 5. The number of halogens is 1.